The van der Waals surface area contributed by atoms with E-state index in [1.165, 1.54) is 11.8 Å². The predicted molar refractivity (Wildman–Crippen MR) is 115 cm³/mol. The lowest BCUT2D eigenvalue weighted by Crippen LogP contribution is -2.36. The largest absolute Gasteiger partial charge is 0.398 e. The summed E-state index contributed by atoms with van der Waals surface area (Å²) < 4.78 is 38.7. The number of amides is 1. The van der Waals surface area contributed by atoms with Gasteiger partial charge >= 0.3 is 5.89 Å². The minimum absolute atomic E-state index is 0.116. The summed E-state index contributed by atoms with van der Waals surface area (Å²) in [7, 11) is -4.02. The van der Waals surface area contributed by atoms with Crippen LogP contribution < -0.4 is 9.47 Å². The van der Waals surface area contributed by atoms with Crippen molar-refractivity contribution in [3.63, 3.8) is 0 Å². The summed E-state index contributed by atoms with van der Waals surface area (Å²) in [6.45, 7) is 1.85. The second-order valence-electron chi connectivity index (χ2n) is 6.62. The number of aryl methyl sites for hydroxylation is 1. The molecule has 156 valence electrons. The van der Waals surface area contributed by atoms with Crippen LogP contribution in [0.5, 0.6) is 0 Å². The molecule has 1 heterocycles. The lowest BCUT2D eigenvalue weighted by atomic mass is 10.3. The van der Waals surface area contributed by atoms with Gasteiger partial charge in [0, 0.05) is 31.3 Å². The van der Waals surface area contributed by atoms with Crippen molar-refractivity contribution in [2.45, 2.75) is 19.9 Å². The van der Waals surface area contributed by atoms with Gasteiger partial charge in [-0.15, -0.1) is 0 Å². The van der Waals surface area contributed by atoms with Gasteiger partial charge in [-0.1, -0.05) is 36.4 Å². The molecule has 3 aromatic rings. The fourth-order valence-electron chi connectivity index (χ4n) is 3.05. The average Bonchev–Trinajstić information content (AvgIpc) is 3.05. The molecular weight excluding hydrogens is 404 g/mol. The highest BCUT2D eigenvalue weighted by atomic mass is 32.2. The van der Waals surface area contributed by atoms with Crippen LogP contribution in [0.1, 0.15) is 19.2 Å². The van der Waals surface area contributed by atoms with Gasteiger partial charge in [0.05, 0.1) is 11.8 Å². The molecule has 0 spiro atoms. The Bertz CT molecular complexity index is 1180. The zero-order valence-electron chi connectivity index (χ0n) is 16.5. The number of carbonyl (C=O) groups excluding carboxylic acids is 1. The molecular formula is C22H23N2O5S+. The first-order chi connectivity index (χ1) is 14.3. The Morgan fingerprint density at radius 3 is 2.50 bits per heavy atom. The first kappa shape index (κ1) is 21.5. The van der Waals surface area contributed by atoms with E-state index in [9.17, 15) is 13.2 Å². The van der Waals surface area contributed by atoms with Crippen LogP contribution in [0.4, 0.5) is 5.69 Å². The molecule has 0 radical (unpaired) electrons. The molecule has 1 aromatic heterocycles. The van der Waals surface area contributed by atoms with Crippen molar-refractivity contribution >= 4 is 38.9 Å². The normalized spacial score (nSPS) is 12.2. The van der Waals surface area contributed by atoms with Gasteiger partial charge in [-0.2, -0.15) is 13.0 Å². The van der Waals surface area contributed by atoms with E-state index in [0.717, 1.165) is 11.2 Å². The van der Waals surface area contributed by atoms with Crippen LogP contribution in [0, 0.1) is 0 Å². The lowest BCUT2D eigenvalue weighted by molar-refractivity contribution is -0.677. The topological polar surface area (TPSA) is 91.7 Å². The first-order valence-corrected chi connectivity index (χ1v) is 11.0. The summed E-state index contributed by atoms with van der Waals surface area (Å²) in [5.41, 5.74) is 2.26. The Hall–Kier alpha value is -3.23. The standard InChI is InChI=1S/C22H22N2O5S/c1-18(25)23(19-10-3-2-4-11-19)15-8-7-14-22-24(16-9-17-30(26,27)28)20-12-5-6-13-21(20)29-22/h2-8,10-15H,9,16-17H2,1H3/p+1. The second kappa shape index (κ2) is 9.51. The molecule has 0 saturated carbocycles. The smallest absolute Gasteiger partial charge is 0.374 e. The van der Waals surface area contributed by atoms with Crippen LogP contribution in [0.2, 0.25) is 0 Å². The van der Waals surface area contributed by atoms with Crippen molar-refractivity contribution in [2.75, 3.05) is 10.7 Å². The molecule has 8 heteroatoms. The van der Waals surface area contributed by atoms with Gasteiger partial charge in [-0.3, -0.25) is 14.2 Å². The summed E-state index contributed by atoms with van der Waals surface area (Å²) in [4.78, 5) is 13.5. The number of hydrogen-bond donors (Lipinski definition) is 1. The van der Waals surface area contributed by atoms with E-state index < -0.39 is 10.1 Å². The minimum atomic E-state index is -4.02. The van der Waals surface area contributed by atoms with Crippen LogP contribution >= 0.6 is 0 Å². The molecule has 0 fully saturated rings. The van der Waals surface area contributed by atoms with Crippen LogP contribution in [-0.2, 0) is 21.5 Å². The summed E-state index contributed by atoms with van der Waals surface area (Å²) in [6.07, 6.45) is 7.13. The number of rotatable bonds is 8. The summed E-state index contributed by atoms with van der Waals surface area (Å²) in [5, 5.41) is 0. The quantitative estimate of drug-likeness (QED) is 0.337. The van der Waals surface area contributed by atoms with Crippen molar-refractivity contribution in [3.05, 3.63) is 78.8 Å². The van der Waals surface area contributed by atoms with Crippen LogP contribution in [0.15, 0.2) is 77.4 Å². The fourth-order valence-corrected chi connectivity index (χ4v) is 3.54. The number of oxazole rings is 1. The summed E-state index contributed by atoms with van der Waals surface area (Å²) in [5.74, 6) is 0.0906. The number of anilines is 1. The van der Waals surface area contributed by atoms with Gasteiger partial charge in [-0.05, 0) is 24.3 Å². The minimum Gasteiger partial charge on any atom is -0.398 e. The number of allylic oxidation sites excluding steroid dienone is 2. The molecule has 1 amide bonds. The number of aromatic nitrogens is 1. The highest BCUT2D eigenvalue weighted by Crippen LogP contribution is 2.16. The number of carbonyl (C=O) groups is 1. The van der Waals surface area contributed by atoms with E-state index in [2.05, 4.69) is 0 Å². The van der Waals surface area contributed by atoms with Gasteiger partial charge in [0.15, 0.2) is 6.54 Å². The van der Waals surface area contributed by atoms with E-state index in [1.54, 1.807) is 24.4 Å². The molecule has 30 heavy (non-hydrogen) atoms. The highest BCUT2D eigenvalue weighted by molar-refractivity contribution is 7.85. The van der Waals surface area contributed by atoms with Gasteiger partial charge in [0.1, 0.15) is 0 Å². The van der Waals surface area contributed by atoms with Gasteiger partial charge < -0.3 is 4.42 Å². The molecule has 0 aliphatic heterocycles. The molecule has 0 aliphatic rings. The van der Waals surface area contributed by atoms with Crippen LogP contribution in [-0.4, -0.2) is 24.6 Å². The number of para-hydroxylation sites is 3. The molecule has 1 N–H and O–H groups in total. The maximum Gasteiger partial charge on any atom is 0.374 e. The van der Waals surface area contributed by atoms with Gasteiger partial charge in [0.2, 0.25) is 11.5 Å². The molecule has 7 nitrogen and oxygen atoms in total. The van der Waals surface area contributed by atoms with Crippen molar-refractivity contribution in [1.29, 1.82) is 0 Å². The molecule has 0 unspecified atom stereocenters. The van der Waals surface area contributed by atoms with E-state index in [4.69, 9.17) is 8.97 Å². The van der Waals surface area contributed by atoms with E-state index in [-0.39, 0.29) is 18.1 Å². The molecule has 2 aromatic carbocycles. The van der Waals surface area contributed by atoms with Crippen molar-refractivity contribution in [1.82, 2.24) is 0 Å². The van der Waals surface area contributed by atoms with Crippen molar-refractivity contribution in [2.24, 2.45) is 0 Å². The third-order valence-corrected chi connectivity index (χ3v) is 5.18. The predicted octanol–water partition coefficient (Wildman–Crippen LogP) is 3.58. The monoisotopic (exact) mass is 427 g/mol. The molecule has 0 aliphatic carbocycles. The number of fused-ring (bicyclic) bond motifs is 1. The Morgan fingerprint density at radius 2 is 1.80 bits per heavy atom. The number of nitrogens with zero attached hydrogens (tertiary/aromatic N) is 2. The Labute approximate surface area is 175 Å². The Kier molecular flexibility index (Phi) is 6.81. The summed E-state index contributed by atoms with van der Waals surface area (Å²) >= 11 is 0. The van der Waals surface area contributed by atoms with Gasteiger partial charge in [0.25, 0.3) is 15.6 Å². The zero-order valence-corrected chi connectivity index (χ0v) is 17.3. The highest BCUT2D eigenvalue weighted by Gasteiger charge is 2.20. The maximum atomic E-state index is 11.9. The number of benzene rings is 2. The molecule has 0 atom stereocenters. The third-order valence-electron chi connectivity index (χ3n) is 4.38. The van der Waals surface area contributed by atoms with Crippen LogP contribution in [0.3, 0.4) is 0 Å². The van der Waals surface area contributed by atoms with Crippen molar-refractivity contribution in [3.8, 4) is 0 Å². The Morgan fingerprint density at radius 1 is 1.10 bits per heavy atom. The second-order valence-corrected chi connectivity index (χ2v) is 8.20. The molecule has 3 rings (SSSR count). The third kappa shape index (κ3) is 5.65. The summed E-state index contributed by atoms with van der Waals surface area (Å²) in [6, 6.07) is 16.7. The SMILES string of the molecule is CC(=O)N(C=CC=Cc1oc2ccccc2[n+]1CCCS(=O)(=O)O)c1ccccc1. The number of hydrogen-bond acceptors (Lipinski definition) is 4. The zero-order chi connectivity index (χ0) is 21.6. The fraction of sp³-hybridized carbons (Fsp3) is 0.182. The molecule has 0 bridgehead atoms. The van der Waals surface area contributed by atoms with E-state index >= 15 is 0 Å². The van der Waals surface area contributed by atoms with E-state index in [0.29, 0.717) is 18.0 Å². The van der Waals surface area contributed by atoms with Crippen LogP contribution in [0.25, 0.3) is 17.2 Å². The average molecular weight is 428 g/mol. The maximum absolute atomic E-state index is 11.9. The van der Waals surface area contributed by atoms with Gasteiger partial charge in [-0.25, -0.2) is 0 Å². The Balaban J connectivity index is 1.82. The van der Waals surface area contributed by atoms with E-state index in [1.807, 2.05) is 59.2 Å². The molecule has 0 saturated heterocycles. The lowest BCUT2D eigenvalue weighted by Gasteiger charge is -2.15. The van der Waals surface area contributed by atoms with Crippen molar-refractivity contribution < 1.29 is 26.7 Å². The first-order valence-electron chi connectivity index (χ1n) is 9.41.